The smallest absolute Gasteiger partial charge is 0.242 e. The lowest BCUT2D eigenvalue weighted by atomic mass is 10.2. The van der Waals surface area contributed by atoms with Crippen LogP contribution in [0.1, 0.15) is 11.4 Å². The number of anilines is 2. The lowest BCUT2D eigenvalue weighted by Crippen LogP contribution is -2.25. The maximum Gasteiger partial charge on any atom is 0.242 e. The quantitative estimate of drug-likeness (QED) is 0.550. The summed E-state index contributed by atoms with van der Waals surface area (Å²) in [4.78, 5) is 22.5. The van der Waals surface area contributed by atoms with E-state index in [4.69, 9.17) is 0 Å². The Morgan fingerprint density at radius 3 is 2.73 bits per heavy atom. The minimum atomic E-state index is -0.321. The molecule has 1 N–H and O–H groups in total. The highest BCUT2D eigenvalue weighted by molar-refractivity contribution is 5.89. The summed E-state index contributed by atoms with van der Waals surface area (Å²) in [6, 6.07) is 8.11. The van der Waals surface area contributed by atoms with Crippen molar-refractivity contribution in [2.45, 2.75) is 20.4 Å². The van der Waals surface area contributed by atoms with Gasteiger partial charge in [-0.3, -0.25) is 4.79 Å². The van der Waals surface area contributed by atoms with Crippen molar-refractivity contribution in [2.75, 3.05) is 19.4 Å². The Balaban J connectivity index is 1.70. The molecule has 30 heavy (non-hydrogen) atoms. The number of hydrogen-bond donors (Lipinski definition) is 1. The van der Waals surface area contributed by atoms with Crippen molar-refractivity contribution in [2.24, 2.45) is 0 Å². The van der Waals surface area contributed by atoms with Crippen LogP contribution in [0.2, 0.25) is 0 Å². The van der Waals surface area contributed by atoms with Gasteiger partial charge in [-0.2, -0.15) is 5.10 Å². The van der Waals surface area contributed by atoms with Crippen LogP contribution in [0.3, 0.4) is 0 Å². The largest absolute Gasteiger partial charge is 0.347 e. The number of fused-ring (bicyclic) bond motifs is 1. The second-order valence-corrected chi connectivity index (χ2v) is 7.25. The van der Waals surface area contributed by atoms with Gasteiger partial charge in [0.2, 0.25) is 5.91 Å². The van der Waals surface area contributed by atoms with Crippen LogP contribution in [0.4, 0.5) is 15.9 Å². The molecule has 0 atom stereocenters. The minimum absolute atomic E-state index is 0.0244. The van der Waals surface area contributed by atoms with E-state index in [9.17, 15) is 9.18 Å². The first kappa shape index (κ1) is 19.6. The molecule has 0 saturated heterocycles. The molecule has 4 aromatic rings. The molecule has 154 valence electrons. The summed E-state index contributed by atoms with van der Waals surface area (Å²) in [5.74, 6) is 0.219. The van der Waals surface area contributed by atoms with Crippen molar-refractivity contribution in [3.8, 4) is 5.69 Å². The molecule has 3 heterocycles. The topological polar surface area (TPSA) is 80.9 Å². The van der Waals surface area contributed by atoms with Crippen LogP contribution in [-0.2, 0) is 11.3 Å². The number of carbonyl (C=O) groups is 1. The van der Waals surface area contributed by atoms with Crippen LogP contribution >= 0.6 is 0 Å². The zero-order valence-corrected chi connectivity index (χ0v) is 17.2. The summed E-state index contributed by atoms with van der Waals surface area (Å²) in [6.45, 7) is 3.98. The number of nitrogens with one attached hydrogen (secondary N) is 1. The average molecular weight is 407 g/mol. The number of benzene rings is 1. The summed E-state index contributed by atoms with van der Waals surface area (Å²) in [5, 5.41) is 7.86. The Labute approximate surface area is 173 Å². The van der Waals surface area contributed by atoms with E-state index < -0.39 is 0 Å². The Hall–Kier alpha value is -3.75. The zero-order chi connectivity index (χ0) is 21.4. The Kier molecular flexibility index (Phi) is 4.94. The second-order valence-electron chi connectivity index (χ2n) is 7.25. The van der Waals surface area contributed by atoms with E-state index in [0.717, 1.165) is 22.6 Å². The van der Waals surface area contributed by atoms with Gasteiger partial charge in [-0.05, 0) is 38.1 Å². The number of carbonyl (C=O) groups excluding carboxylic acids is 1. The van der Waals surface area contributed by atoms with Gasteiger partial charge in [-0.1, -0.05) is 6.07 Å². The molecule has 1 amide bonds. The number of amides is 1. The van der Waals surface area contributed by atoms with Crippen molar-refractivity contribution < 1.29 is 9.18 Å². The number of rotatable bonds is 5. The Bertz CT molecular complexity index is 1240. The van der Waals surface area contributed by atoms with Crippen LogP contribution in [0.15, 0.2) is 42.9 Å². The molecule has 0 aliphatic rings. The molecule has 0 aliphatic carbocycles. The standard InChI is InChI=1S/C21H22FN7O/c1-13-19(14(2)29(26-13)16-7-5-6-15(22)10-16)25-21-20-17(8-9-23-21)28(12-24-20)11-18(30)27(3)4/h5-10,12H,11H2,1-4H3,(H,23,25). The van der Waals surface area contributed by atoms with E-state index in [0.29, 0.717) is 17.0 Å². The van der Waals surface area contributed by atoms with E-state index in [1.54, 1.807) is 52.9 Å². The van der Waals surface area contributed by atoms with Gasteiger partial charge in [0.1, 0.15) is 17.9 Å². The van der Waals surface area contributed by atoms with Gasteiger partial charge in [0.25, 0.3) is 0 Å². The third-order valence-corrected chi connectivity index (χ3v) is 4.93. The average Bonchev–Trinajstić information content (AvgIpc) is 3.24. The predicted octanol–water partition coefficient (Wildman–Crippen LogP) is 3.20. The molecule has 9 heteroatoms. The molecule has 0 saturated carbocycles. The maximum absolute atomic E-state index is 13.7. The van der Waals surface area contributed by atoms with Crippen molar-refractivity contribution >= 4 is 28.4 Å². The predicted molar refractivity (Wildman–Crippen MR) is 113 cm³/mol. The second kappa shape index (κ2) is 7.58. The van der Waals surface area contributed by atoms with Crippen LogP contribution in [-0.4, -0.2) is 49.2 Å². The number of pyridine rings is 1. The van der Waals surface area contributed by atoms with Crippen LogP contribution in [0, 0.1) is 19.7 Å². The van der Waals surface area contributed by atoms with Gasteiger partial charge in [-0.15, -0.1) is 0 Å². The fraction of sp³-hybridized carbons (Fsp3) is 0.238. The minimum Gasteiger partial charge on any atom is -0.347 e. The first-order valence-corrected chi connectivity index (χ1v) is 9.44. The summed E-state index contributed by atoms with van der Waals surface area (Å²) in [7, 11) is 3.44. The molecule has 0 unspecified atom stereocenters. The normalized spacial score (nSPS) is 11.1. The summed E-state index contributed by atoms with van der Waals surface area (Å²) < 4.78 is 17.1. The lowest BCUT2D eigenvalue weighted by molar-refractivity contribution is -0.129. The molecule has 0 aliphatic heterocycles. The molecule has 4 rings (SSSR count). The fourth-order valence-corrected chi connectivity index (χ4v) is 3.30. The van der Waals surface area contributed by atoms with Crippen LogP contribution < -0.4 is 5.32 Å². The third kappa shape index (κ3) is 3.49. The molecule has 1 aromatic carbocycles. The van der Waals surface area contributed by atoms with E-state index in [1.807, 2.05) is 19.9 Å². The molecule has 0 fully saturated rings. The monoisotopic (exact) mass is 407 g/mol. The number of halogens is 1. The molecular formula is C21H22FN7O. The summed E-state index contributed by atoms with van der Waals surface area (Å²) >= 11 is 0. The number of imidazole rings is 1. The Morgan fingerprint density at radius 1 is 1.20 bits per heavy atom. The molecular weight excluding hydrogens is 385 g/mol. The third-order valence-electron chi connectivity index (χ3n) is 4.93. The SMILES string of the molecule is Cc1nn(-c2cccc(F)c2)c(C)c1Nc1nccc2c1ncn2CC(=O)N(C)C. The molecule has 8 nitrogen and oxygen atoms in total. The highest BCUT2D eigenvalue weighted by Crippen LogP contribution is 2.29. The zero-order valence-electron chi connectivity index (χ0n) is 17.2. The van der Waals surface area contributed by atoms with Crippen LogP contribution in [0.25, 0.3) is 16.7 Å². The number of nitrogens with zero attached hydrogens (tertiary/aromatic N) is 6. The van der Waals surface area contributed by atoms with Gasteiger partial charge >= 0.3 is 0 Å². The van der Waals surface area contributed by atoms with Crippen molar-refractivity contribution in [3.63, 3.8) is 0 Å². The highest BCUT2D eigenvalue weighted by Gasteiger charge is 2.17. The lowest BCUT2D eigenvalue weighted by Gasteiger charge is -2.11. The number of aromatic nitrogens is 5. The first-order valence-electron chi connectivity index (χ1n) is 9.44. The molecule has 0 bridgehead atoms. The van der Waals surface area contributed by atoms with Crippen LogP contribution in [0.5, 0.6) is 0 Å². The molecule has 0 spiro atoms. The Morgan fingerprint density at radius 2 is 2.00 bits per heavy atom. The number of likely N-dealkylation sites (N-methyl/N-ethyl adjacent to an activating group) is 1. The molecule has 3 aromatic heterocycles. The fourth-order valence-electron chi connectivity index (χ4n) is 3.30. The summed E-state index contributed by atoms with van der Waals surface area (Å²) in [5.41, 5.74) is 4.44. The van der Waals surface area contributed by atoms with E-state index in [-0.39, 0.29) is 18.3 Å². The van der Waals surface area contributed by atoms with Crippen molar-refractivity contribution in [3.05, 3.63) is 60.1 Å². The van der Waals surface area contributed by atoms with Gasteiger partial charge < -0.3 is 14.8 Å². The van der Waals surface area contributed by atoms with E-state index in [2.05, 4.69) is 20.4 Å². The van der Waals surface area contributed by atoms with Crippen molar-refractivity contribution in [1.82, 2.24) is 29.2 Å². The van der Waals surface area contributed by atoms with Crippen molar-refractivity contribution in [1.29, 1.82) is 0 Å². The van der Waals surface area contributed by atoms with Gasteiger partial charge in [0, 0.05) is 20.3 Å². The highest BCUT2D eigenvalue weighted by atomic mass is 19.1. The number of aryl methyl sites for hydroxylation is 1. The van der Waals surface area contributed by atoms with E-state index in [1.165, 1.54) is 12.1 Å². The van der Waals surface area contributed by atoms with Gasteiger partial charge in [0.15, 0.2) is 5.82 Å². The number of hydrogen-bond acceptors (Lipinski definition) is 5. The van der Waals surface area contributed by atoms with Gasteiger partial charge in [-0.25, -0.2) is 19.0 Å². The summed E-state index contributed by atoms with van der Waals surface area (Å²) in [6.07, 6.45) is 3.31. The first-order chi connectivity index (χ1) is 14.3. The van der Waals surface area contributed by atoms with E-state index >= 15 is 0 Å². The molecule has 0 radical (unpaired) electrons. The maximum atomic E-state index is 13.7. The van der Waals surface area contributed by atoms with Gasteiger partial charge in [0.05, 0.1) is 34.6 Å².